The second-order valence-corrected chi connectivity index (χ2v) is 17.0. The van der Waals surface area contributed by atoms with E-state index in [1.165, 1.54) is 21.7 Å². The molecule has 0 unspecified atom stereocenters. The van der Waals surface area contributed by atoms with Gasteiger partial charge in [0.25, 0.3) is 0 Å². The van der Waals surface area contributed by atoms with Crippen molar-refractivity contribution >= 4 is 35.6 Å². The zero-order chi connectivity index (χ0) is 32.5. The molecule has 7 aromatic rings. The SMILES string of the molecule is C[Si]1(C)c2ccccc2N(c2ncc(-c3ccccc3)cc2CCc2nc(-c3ccccc3)nc(-c3ccccc3)n2)c2ccccc21. The molecule has 48 heavy (non-hydrogen) atoms. The Hall–Kier alpha value is -5.72. The first-order chi connectivity index (χ1) is 23.6. The lowest BCUT2D eigenvalue weighted by Crippen LogP contribution is -2.58. The van der Waals surface area contributed by atoms with Gasteiger partial charge in [-0.2, -0.15) is 0 Å². The number of fused-ring (bicyclic) bond motifs is 2. The summed E-state index contributed by atoms with van der Waals surface area (Å²) in [6, 6.07) is 50.8. The van der Waals surface area contributed by atoms with Crippen molar-refractivity contribution in [1.82, 2.24) is 19.9 Å². The highest BCUT2D eigenvalue weighted by Crippen LogP contribution is 2.40. The first-order valence-corrected chi connectivity index (χ1v) is 19.5. The summed E-state index contributed by atoms with van der Waals surface area (Å²) in [6.07, 6.45) is 3.35. The van der Waals surface area contributed by atoms with Crippen LogP contribution in [0.3, 0.4) is 0 Å². The summed E-state index contributed by atoms with van der Waals surface area (Å²) >= 11 is 0. The van der Waals surface area contributed by atoms with Gasteiger partial charge < -0.3 is 0 Å². The van der Waals surface area contributed by atoms with Gasteiger partial charge in [-0.1, -0.05) is 140 Å². The van der Waals surface area contributed by atoms with E-state index in [4.69, 9.17) is 19.9 Å². The molecule has 0 saturated heterocycles. The molecule has 0 spiro atoms. The van der Waals surface area contributed by atoms with E-state index >= 15 is 0 Å². The molecule has 0 saturated carbocycles. The molecule has 1 aliphatic rings. The molecule has 6 heteroatoms. The monoisotopic (exact) mass is 637 g/mol. The number of nitrogens with zero attached hydrogens (tertiary/aromatic N) is 5. The van der Waals surface area contributed by atoms with Crippen molar-refractivity contribution in [2.45, 2.75) is 25.9 Å². The van der Waals surface area contributed by atoms with Crippen molar-refractivity contribution in [2.24, 2.45) is 0 Å². The Balaban J connectivity index is 1.26. The quantitative estimate of drug-likeness (QED) is 0.164. The zero-order valence-corrected chi connectivity index (χ0v) is 28.1. The Morgan fingerprint density at radius 2 is 0.979 bits per heavy atom. The van der Waals surface area contributed by atoms with Crippen LogP contribution in [0.4, 0.5) is 17.2 Å². The Morgan fingerprint density at radius 3 is 1.52 bits per heavy atom. The van der Waals surface area contributed by atoms with E-state index in [-0.39, 0.29) is 0 Å². The number of aryl methyl sites for hydroxylation is 2. The van der Waals surface area contributed by atoms with E-state index in [0.29, 0.717) is 24.5 Å². The minimum atomic E-state index is -1.93. The van der Waals surface area contributed by atoms with Crippen LogP contribution in [0.15, 0.2) is 152 Å². The summed E-state index contributed by atoms with van der Waals surface area (Å²) in [7, 11) is -1.93. The van der Waals surface area contributed by atoms with E-state index in [0.717, 1.165) is 39.5 Å². The van der Waals surface area contributed by atoms with Crippen LogP contribution in [0, 0.1) is 0 Å². The Morgan fingerprint density at radius 1 is 0.500 bits per heavy atom. The lowest BCUT2D eigenvalue weighted by atomic mass is 10.0. The number of hydrogen-bond donors (Lipinski definition) is 0. The van der Waals surface area contributed by atoms with Gasteiger partial charge in [-0.25, -0.2) is 19.9 Å². The molecule has 0 N–H and O–H groups in total. The molecular weight excluding hydrogens is 603 g/mol. The molecule has 0 aliphatic carbocycles. The van der Waals surface area contributed by atoms with Crippen molar-refractivity contribution < 1.29 is 0 Å². The fourth-order valence-corrected chi connectivity index (χ4v) is 9.77. The summed E-state index contributed by atoms with van der Waals surface area (Å²) in [6.45, 7) is 4.90. The molecule has 0 atom stereocenters. The summed E-state index contributed by atoms with van der Waals surface area (Å²) in [4.78, 5) is 22.5. The van der Waals surface area contributed by atoms with Crippen LogP contribution in [-0.2, 0) is 12.8 Å². The van der Waals surface area contributed by atoms with Gasteiger partial charge >= 0.3 is 0 Å². The second kappa shape index (κ2) is 12.5. The van der Waals surface area contributed by atoms with Crippen molar-refractivity contribution in [2.75, 3.05) is 4.90 Å². The average Bonchev–Trinajstić information content (AvgIpc) is 3.15. The van der Waals surface area contributed by atoms with Crippen molar-refractivity contribution in [3.8, 4) is 33.9 Å². The minimum absolute atomic E-state index is 0.631. The van der Waals surface area contributed by atoms with Gasteiger partial charge in [0.1, 0.15) is 19.7 Å². The molecule has 1 aliphatic heterocycles. The maximum absolute atomic E-state index is 5.25. The van der Waals surface area contributed by atoms with Gasteiger partial charge in [-0.05, 0) is 46.1 Å². The molecule has 0 radical (unpaired) electrons. The minimum Gasteiger partial charge on any atom is -0.295 e. The van der Waals surface area contributed by atoms with Crippen LogP contribution in [0.1, 0.15) is 11.4 Å². The zero-order valence-electron chi connectivity index (χ0n) is 27.1. The average molecular weight is 638 g/mol. The van der Waals surface area contributed by atoms with Gasteiger partial charge in [0, 0.05) is 40.7 Å². The van der Waals surface area contributed by atoms with E-state index in [2.05, 4.69) is 127 Å². The molecule has 2 aromatic heterocycles. The molecule has 0 amide bonds. The largest absolute Gasteiger partial charge is 0.295 e. The van der Waals surface area contributed by atoms with E-state index in [9.17, 15) is 0 Å². The lowest BCUT2D eigenvalue weighted by Gasteiger charge is -2.41. The van der Waals surface area contributed by atoms with Gasteiger partial charge in [0.2, 0.25) is 0 Å². The third-order valence-electron chi connectivity index (χ3n) is 9.26. The van der Waals surface area contributed by atoms with Crippen LogP contribution >= 0.6 is 0 Å². The third-order valence-corrected chi connectivity index (χ3v) is 12.8. The number of benzene rings is 5. The van der Waals surface area contributed by atoms with E-state index < -0.39 is 8.07 Å². The van der Waals surface area contributed by atoms with Gasteiger partial charge in [0.15, 0.2) is 11.6 Å². The fraction of sp³-hybridized carbons (Fsp3) is 0.0952. The lowest BCUT2D eigenvalue weighted by molar-refractivity contribution is 0.840. The van der Waals surface area contributed by atoms with Crippen molar-refractivity contribution in [1.29, 1.82) is 0 Å². The van der Waals surface area contributed by atoms with Crippen LogP contribution in [-0.4, -0.2) is 28.0 Å². The van der Waals surface area contributed by atoms with Crippen LogP contribution in [0.25, 0.3) is 33.9 Å². The summed E-state index contributed by atoms with van der Waals surface area (Å²) in [5.74, 6) is 3.07. The van der Waals surface area contributed by atoms with Gasteiger partial charge in [-0.15, -0.1) is 0 Å². The molecule has 8 rings (SSSR count). The highest BCUT2D eigenvalue weighted by atomic mass is 28.3. The topological polar surface area (TPSA) is 54.8 Å². The van der Waals surface area contributed by atoms with Crippen LogP contribution in [0.5, 0.6) is 0 Å². The molecule has 5 nitrogen and oxygen atoms in total. The van der Waals surface area contributed by atoms with Crippen LogP contribution in [0.2, 0.25) is 13.1 Å². The standard InChI is InChI=1S/C42H35N5Si/c1-48(2)37-24-14-12-22-35(37)47(36-23-13-15-25-38(36)48)42-33(28-34(29-43-42)30-16-6-3-7-17-30)26-27-39-44-40(31-18-8-4-9-19-31)46-41(45-39)32-20-10-5-11-21-32/h3-25,28-29H,26-27H2,1-2H3. The number of pyridine rings is 1. The molecule has 3 heterocycles. The normalized spacial score (nSPS) is 13.1. The van der Waals surface area contributed by atoms with E-state index in [1.807, 2.05) is 42.6 Å². The molecule has 232 valence electrons. The van der Waals surface area contributed by atoms with Crippen molar-refractivity contribution in [3.63, 3.8) is 0 Å². The number of rotatable bonds is 7. The Labute approximate surface area is 282 Å². The van der Waals surface area contributed by atoms with E-state index in [1.54, 1.807) is 0 Å². The number of hydrogen-bond acceptors (Lipinski definition) is 5. The first kappa shape index (κ1) is 29.7. The predicted octanol–water partition coefficient (Wildman–Crippen LogP) is 8.66. The molecule has 0 fully saturated rings. The first-order valence-electron chi connectivity index (χ1n) is 16.5. The number of anilines is 3. The van der Waals surface area contributed by atoms with Gasteiger partial charge in [-0.3, -0.25) is 4.90 Å². The maximum atomic E-state index is 5.25. The number of aromatic nitrogens is 4. The summed E-state index contributed by atoms with van der Waals surface area (Å²) in [5.41, 5.74) is 7.75. The maximum Gasteiger partial charge on any atom is 0.163 e. The molecule has 5 aromatic carbocycles. The molecule has 0 bridgehead atoms. The Bertz CT molecular complexity index is 2110. The smallest absolute Gasteiger partial charge is 0.163 e. The predicted molar refractivity (Wildman–Crippen MR) is 199 cm³/mol. The van der Waals surface area contributed by atoms with Crippen molar-refractivity contribution in [3.05, 3.63) is 163 Å². The van der Waals surface area contributed by atoms with Crippen LogP contribution < -0.4 is 15.3 Å². The Kier molecular flexibility index (Phi) is 7.71. The molecular formula is C42H35N5Si. The highest BCUT2D eigenvalue weighted by Gasteiger charge is 2.39. The second-order valence-electron chi connectivity index (χ2n) is 12.7. The summed E-state index contributed by atoms with van der Waals surface area (Å²) in [5, 5.41) is 2.84. The fourth-order valence-electron chi connectivity index (χ4n) is 6.78. The summed E-state index contributed by atoms with van der Waals surface area (Å²) < 4.78 is 0. The number of para-hydroxylation sites is 2. The van der Waals surface area contributed by atoms with Gasteiger partial charge in [0.05, 0.1) is 0 Å². The third kappa shape index (κ3) is 5.50. The highest BCUT2D eigenvalue weighted by molar-refractivity contribution is 7.02.